The Labute approximate surface area is 64.7 Å². The summed E-state index contributed by atoms with van der Waals surface area (Å²) in [4.78, 5) is 10.9. The maximum absolute atomic E-state index is 10.9. The molecule has 1 fully saturated rings. The first-order valence-electron chi connectivity index (χ1n) is 3.34. The molecule has 11 heavy (non-hydrogen) atoms. The Morgan fingerprint density at radius 3 is 3.00 bits per heavy atom. The van der Waals surface area contributed by atoms with Crippen LogP contribution in [0.1, 0.15) is 0 Å². The Kier molecular flexibility index (Phi) is 2.44. The number of hydrogen-bond donors (Lipinski definition) is 0. The second-order valence-electron chi connectivity index (χ2n) is 2.40. The first-order valence-corrected chi connectivity index (χ1v) is 3.34. The van der Waals surface area contributed by atoms with Gasteiger partial charge in [-0.2, -0.15) is 5.26 Å². The Morgan fingerprint density at radius 1 is 1.73 bits per heavy atom. The molecule has 0 aromatic rings. The number of hydrogen-bond acceptors (Lipinski definition) is 4. The van der Waals surface area contributed by atoms with Gasteiger partial charge in [0.1, 0.15) is 0 Å². The van der Waals surface area contributed by atoms with Crippen LogP contribution in [0.3, 0.4) is 0 Å². The largest absolute Gasteiger partial charge is 0.469 e. The fraction of sp³-hybridized carbons (Fsp3) is 0.714. The lowest BCUT2D eigenvalue weighted by molar-refractivity contribution is -0.146. The van der Waals surface area contributed by atoms with Crippen LogP contribution in [0.2, 0.25) is 0 Å². The molecule has 2 unspecified atom stereocenters. The molecule has 1 aliphatic rings. The molecule has 2 atom stereocenters. The summed E-state index contributed by atoms with van der Waals surface area (Å²) in [6, 6.07) is 2.00. The van der Waals surface area contributed by atoms with E-state index < -0.39 is 0 Å². The van der Waals surface area contributed by atoms with Gasteiger partial charge in [-0.25, -0.2) is 0 Å². The summed E-state index contributed by atoms with van der Waals surface area (Å²) in [6.07, 6.45) is 0. The van der Waals surface area contributed by atoms with E-state index in [9.17, 15) is 4.79 Å². The van der Waals surface area contributed by atoms with E-state index in [4.69, 9.17) is 10.00 Å². The maximum atomic E-state index is 10.9. The average Bonchev–Trinajstić information content (AvgIpc) is 2.50. The third kappa shape index (κ3) is 1.49. The Bertz CT molecular complexity index is 196. The SMILES string of the molecule is COC(=O)C1COCC1C#N. The van der Waals surface area contributed by atoms with Gasteiger partial charge in [-0.15, -0.1) is 0 Å². The van der Waals surface area contributed by atoms with Crippen molar-refractivity contribution in [3.8, 4) is 6.07 Å². The number of nitrogens with zero attached hydrogens (tertiary/aromatic N) is 1. The van der Waals surface area contributed by atoms with Gasteiger partial charge in [-0.1, -0.05) is 0 Å². The van der Waals surface area contributed by atoms with E-state index in [2.05, 4.69) is 4.74 Å². The topological polar surface area (TPSA) is 59.3 Å². The molecule has 0 radical (unpaired) electrons. The molecule has 0 aromatic heterocycles. The summed E-state index contributed by atoms with van der Waals surface area (Å²) < 4.78 is 9.46. The van der Waals surface area contributed by atoms with E-state index in [-0.39, 0.29) is 17.8 Å². The van der Waals surface area contributed by atoms with Crippen molar-refractivity contribution in [2.75, 3.05) is 20.3 Å². The van der Waals surface area contributed by atoms with Crippen LogP contribution in [0.25, 0.3) is 0 Å². The van der Waals surface area contributed by atoms with E-state index in [1.54, 1.807) is 0 Å². The molecule has 1 saturated heterocycles. The molecule has 1 rings (SSSR count). The van der Waals surface area contributed by atoms with Crippen molar-refractivity contribution < 1.29 is 14.3 Å². The number of carbonyl (C=O) groups excluding carboxylic acids is 1. The molecule has 1 heterocycles. The maximum Gasteiger partial charge on any atom is 0.312 e. The van der Waals surface area contributed by atoms with Gasteiger partial charge in [0, 0.05) is 0 Å². The van der Waals surface area contributed by atoms with Crippen molar-refractivity contribution in [2.45, 2.75) is 0 Å². The van der Waals surface area contributed by atoms with E-state index in [1.165, 1.54) is 7.11 Å². The summed E-state index contributed by atoms with van der Waals surface area (Å²) in [7, 11) is 1.31. The lowest BCUT2D eigenvalue weighted by Crippen LogP contribution is -2.22. The highest BCUT2D eigenvalue weighted by atomic mass is 16.5. The summed E-state index contributed by atoms with van der Waals surface area (Å²) in [5.74, 6) is -1.07. The van der Waals surface area contributed by atoms with Crippen LogP contribution in [-0.2, 0) is 14.3 Å². The lowest BCUT2D eigenvalue weighted by Gasteiger charge is -2.06. The normalized spacial score (nSPS) is 29.5. The van der Waals surface area contributed by atoms with Gasteiger partial charge < -0.3 is 9.47 Å². The molecule has 0 amide bonds. The number of carbonyl (C=O) groups is 1. The monoisotopic (exact) mass is 155 g/mol. The minimum atomic E-state index is -0.384. The molecule has 0 aromatic carbocycles. The van der Waals surface area contributed by atoms with Crippen LogP contribution in [0, 0.1) is 23.2 Å². The zero-order chi connectivity index (χ0) is 8.27. The summed E-state index contributed by atoms with van der Waals surface area (Å²) in [5, 5.41) is 8.54. The second kappa shape index (κ2) is 3.35. The quantitative estimate of drug-likeness (QED) is 0.498. The zero-order valence-corrected chi connectivity index (χ0v) is 6.24. The first-order chi connectivity index (χ1) is 5.29. The third-order valence-corrected chi connectivity index (χ3v) is 1.75. The smallest absolute Gasteiger partial charge is 0.312 e. The predicted molar refractivity (Wildman–Crippen MR) is 35.4 cm³/mol. The molecular weight excluding hydrogens is 146 g/mol. The molecule has 0 spiro atoms. The number of nitriles is 1. The Balaban J connectivity index is 2.58. The summed E-state index contributed by atoms with van der Waals surface area (Å²) >= 11 is 0. The van der Waals surface area contributed by atoms with Crippen molar-refractivity contribution in [2.24, 2.45) is 11.8 Å². The molecule has 4 heteroatoms. The fourth-order valence-corrected chi connectivity index (χ4v) is 1.07. The van der Waals surface area contributed by atoms with Crippen LogP contribution in [0.15, 0.2) is 0 Å². The molecule has 0 saturated carbocycles. The molecule has 4 nitrogen and oxygen atoms in total. The van der Waals surface area contributed by atoms with Crippen molar-refractivity contribution in [1.82, 2.24) is 0 Å². The predicted octanol–water partition coefficient (Wildman–Crippen LogP) is -0.0544. The molecule has 1 aliphatic heterocycles. The van der Waals surface area contributed by atoms with Crippen molar-refractivity contribution >= 4 is 5.97 Å². The zero-order valence-electron chi connectivity index (χ0n) is 6.24. The highest BCUT2D eigenvalue weighted by molar-refractivity contribution is 5.73. The molecule has 0 aliphatic carbocycles. The number of esters is 1. The van der Waals surface area contributed by atoms with Crippen molar-refractivity contribution in [3.05, 3.63) is 0 Å². The minimum absolute atomic E-state index is 0.310. The van der Waals surface area contributed by atoms with E-state index in [0.29, 0.717) is 13.2 Å². The van der Waals surface area contributed by atoms with Crippen LogP contribution >= 0.6 is 0 Å². The molecule has 0 N–H and O–H groups in total. The van der Waals surface area contributed by atoms with Gasteiger partial charge in [0.05, 0.1) is 38.2 Å². The van der Waals surface area contributed by atoms with Crippen LogP contribution in [0.4, 0.5) is 0 Å². The van der Waals surface area contributed by atoms with Gasteiger partial charge in [0.25, 0.3) is 0 Å². The average molecular weight is 155 g/mol. The van der Waals surface area contributed by atoms with Crippen molar-refractivity contribution in [1.29, 1.82) is 5.26 Å². The van der Waals surface area contributed by atoms with Gasteiger partial charge >= 0.3 is 5.97 Å². The standard InChI is InChI=1S/C7H9NO3/c1-10-7(9)6-4-11-3-5(6)2-8/h5-6H,3-4H2,1H3. The highest BCUT2D eigenvalue weighted by Crippen LogP contribution is 2.20. The summed E-state index contributed by atoms with van der Waals surface area (Å²) in [6.45, 7) is 0.654. The number of ether oxygens (including phenoxy) is 2. The first kappa shape index (κ1) is 8.02. The molecule has 60 valence electrons. The fourth-order valence-electron chi connectivity index (χ4n) is 1.07. The van der Waals surface area contributed by atoms with Gasteiger partial charge in [0.15, 0.2) is 0 Å². The second-order valence-corrected chi connectivity index (χ2v) is 2.40. The van der Waals surface area contributed by atoms with E-state index in [1.807, 2.05) is 6.07 Å². The Morgan fingerprint density at radius 2 is 2.45 bits per heavy atom. The lowest BCUT2D eigenvalue weighted by atomic mass is 9.98. The van der Waals surface area contributed by atoms with Crippen LogP contribution < -0.4 is 0 Å². The van der Waals surface area contributed by atoms with E-state index in [0.717, 1.165) is 0 Å². The number of rotatable bonds is 1. The van der Waals surface area contributed by atoms with Crippen molar-refractivity contribution in [3.63, 3.8) is 0 Å². The summed E-state index contributed by atoms with van der Waals surface area (Å²) in [5.41, 5.74) is 0. The minimum Gasteiger partial charge on any atom is -0.469 e. The van der Waals surface area contributed by atoms with Gasteiger partial charge in [-0.3, -0.25) is 4.79 Å². The Hall–Kier alpha value is -1.08. The van der Waals surface area contributed by atoms with E-state index >= 15 is 0 Å². The van der Waals surface area contributed by atoms with Crippen LogP contribution in [0.5, 0.6) is 0 Å². The highest BCUT2D eigenvalue weighted by Gasteiger charge is 2.34. The number of methoxy groups -OCH3 is 1. The third-order valence-electron chi connectivity index (χ3n) is 1.75. The molecule has 0 bridgehead atoms. The van der Waals surface area contributed by atoms with Gasteiger partial charge in [-0.05, 0) is 0 Å². The van der Waals surface area contributed by atoms with Gasteiger partial charge in [0.2, 0.25) is 0 Å². The molecular formula is C7H9NO3. The van der Waals surface area contributed by atoms with Crippen LogP contribution in [-0.4, -0.2) is 26.3 Å².